The molecule has 2 atom stereocenters. The van der Waals surface area contributed by atoms with Crippen molar-refractivity contribution in [2.45, 2.75) is 19.4 Å². The molecule has 1 heterocycles. The van der Waals surface area contributed by atoms with E-state index in [2.05, 4.69) is 0 Å². The fraction of sp³-hybridized carbons (Fsp3) is 0.467. The van der Waals surface area contributed by atoms with Crippen LogP contribution in [0.4, 0.5) is 0 Å². The minimum Gasteiger partial charge on any atom is -0.484 e. The fourth-order valence-corrected chi connectivity index (χ4v) is 2.40. The Hall–Kier alpha value is -2.08. The number of benzene rings is 1. The van der Waals surface area contributed by atoms with Gasteiger partial charge in [0.15, 0.2) is 6.61 Å². The summed E-state index contributed by atoms with van der Waals surface area (Å²) in [5.74, 6) is 0.0386. The summed E-state index contributed by atoms with van der Waals surface area (Å²) in [6, 6.07) is 6.60. The minimum absolute atomic E-state index is 0.0559. The average Bonchev–Trinajstić information content (AvgIpc) is 2.95. The van der Waals surface area contributed by atoms with E-state index < -0.39 is 12.0 Å². The molecular formula is C15H20N2O4. The molecule has 2 unspecified atom stereocenters. The van der Waals surface area contributed by atoms with Crippen LogP contribution < -0.4 is 10.5 Å². The predicted molar refractivity (Wildman–Crippen MR) is 76.8 cm³/mol. The second kappa shape index (κ2) is 6.58. The molecule has 1 aliphatic rings. The van der Waals surface area contributed by atoms with Gasteiger partial charge in [-0.2, -0.15) is 0 Å². The lowest BCUT2D eigenvalue weighted by Gasteiger charge is -2.18. The molecule has 0 aromatic heterocycles. The van der Waals surface area contributed by atoms with Crippen molar-refractivity contribution in [1.82, 2.24) is 4.90 Å². The lowest BCUT2D eigenvalue weighted by molar-refractivity contribution is -0.119. The van der Waals surface area contributed by atoms with Crippen molar-refractivity contribution in [3.05, 3.63) is 29.8 Å². The predicted octanol–water partition coefficient (Wildman–Crippen LogP) is 0.394. The summed E-state index contributed by atoms with van der Waals surface area (Å²) in [6.07, 6.45) is 0.427. The topological polar surface area (TPSA) is 92.9 Å². The maximum Gasteiger partial charge on any atom is 0.255 e. The van der Waals surface area contributed by atoms with Crippen molar-refractivity contribution in [2.75, 3.05) is 19.7 Å². The second-order valence-corrected chi connectivity index (χ2v) is 5.32. The highest BCUT2D eigenvalue weighted by Crippen LogP contribution is 2.22. The third-order valence-electron chi connectivity index (χ3n) is 3.68. The molecule has 0 spiro atoms. The molecule has 6 nitrogen and oxygen atoms in total. The van der Waals surface area contributed by atoms with Crippen LogP contribution in [0.3, 0.4) is 0 Å². The highest BCUT2D eigenvalue weighted by atomic mass is 16.5. The van der Waals surface area contributed by atoms with E-state index in [1.54, 1.807) is 36.1 Å². The van der Waals surface area contributed by atoms with Crippen LogP contribution in [0.15, 0.2) is 24.3 Å². The first kappa shape index (κ1) is 15.3. The summed E-state index contributed by atoms with van der Waals surface area (Å²) in [5, 5.41) is 9.57. The number of likely N-dealkylation sites (tertiary alicyclic amines) is 1. The van der Waals surface area contributed by atoms with Crippen LogP contribution >= 0.6 is 0 Å². The standard InChI is InChI=1S/C15H20N2O4/c1-10(18)12-6-7-17(8-12)15(20)11-2-4-13(5-3-11)21-9-14(16)19/h2-5,10,12,18H,6-9H2,1H3,(H2,16,19). The number of nitrogens with zero attached hydrogens (tertiary/aromatic N) is 1. The number of aliphatic hydroxyl groups excluding tert-OH is 1. The molecule has 0 aliphatic carbocycles. The molecule has 0 saturated carbocycles. The molecule has 1 aliphatic heterocycles. The average molecular weight is 292 g/mol. The van der Waals surface area contributed by atoms with Crippen LogP contribution in [0.25, 0.3) is 0 Å². The third-order valence-corrected chi connectivity index (χ3v) is 3.68. The van der Waals surface area contributed by atoms with E-state index in [-0.39, 0.29) is 18.4 Å². The molecule has 2 rings (SSSR count). The van der Waals surface area contributed by atoms with E-state index in [9.17, 15) is 14.7 Å². The molecule has 2 amide bonds. The van der Waals surface area contributed by atoms with Crippen LogP contribution in [0.2, 0.25) is 0 Å². The van der Waals surface area contributed by atoms with Gasteiger partial charge in [0.05, 0.1) is 6.10 Å². The summed E-state index contributed by atoms with van der Waals surface area (Å²) < 4.78 is 5.14. The number of carbonyl (C=O) groups excluding carboxylic acids is 2. The fourth-order valence-electron chi connectivity index (χ4n) is 2.40. The van der Waals surface area contributed by atoms with Gasteiger partial charge in [-0.05, 0) is 37.6 Å². The zero-order valence-corrected chi connectivity index (χ0v) is 12.0. The van der Waals surface area contributed by atoms with Gasteiger partial charge in [0, 0.05) is 24.6 Å². The Bertz CT molecular complexity index is 513. The quantitative estimate of drug-likeness (QED) is 0.821. The van der Waals surface area contributed by atoms with E-state index in [0.29, 0.717) is 24.4 Å². The van der Waals surface area contributed by atoms with Gasteiger partial charge in [0.2, 0.25) is 0 Å². The maximum absolute atomic E-state index is 12.3. The summed E-state index contributed by atoms with van der Waals surface area (Å²) in [6.45, 7) is 2.81. The van der Waals surface area contributed by atoms with Crippen LogP contribution in [0, 0.1) is 5.92 Å². The zero-order valence-electron chi connectivity index (χ0n) is 12.0. The van der Waals surface area contributed by atoms with Gasteiger partial charge >= 0.3 is 0 Å². The van der Waals surface area contributed by atoms with E-state index in [1.807, 2.05) is 0 Å². The number of rotatable bonds is 5. The number of amides is 2. The molecule has 0 radical (unpaired) electrons. The highest BCUT2D eigenvalue weighted by molar-refractivity contribution is 5.94. The molecule has 1 aromatic rings. The second-order valence-electron chi connectivity index (χ2n) is 5.32. The van der Waals surface area contributed by atoms with E-state index in [4.69, 9.17) is 10.5 Å². The van der Waals surface area contributed by atoms with E-state index in [0.717, 1.165) is 6.42 Å². The van der Waals surface area contributed by atoms with Crippen LogP contribution in [0.5, 0.6) is 5.75 Å². The van der Waals surface area contributed by atoms with Gasteiger partial charge in [-0.1, -0.05) is 0 Å². The Kier molecular flexibility index (Phi) is 4.80. The Morgan fingerprint density at radius 3 is 2.62 bits per heavy atom. The Balaban J connectivity index is 1.95. The van der Waals surface area contributed by atoms with Crippen molar-refractivity contribution in [3.63, 3.8) is 0 Å². The van der Waals surface area contributed by atoms with Crippen LogP contribution in [-0.4, -0.2) is 47.6 Å². The number of ether oxygens (including phenoxy) is 1. The van der Waals surface area contributed by atoms with Gasteiger partial charge in [-0.3, -0.25) is 9.59 Å². The number of hydrogen-bond acceptors (Lipinski definition) is 4. The first-order valence-corrected chi connectivity index (χ1v) is 6.96. The highest BCUT2D eigenvalue weighted by Gasteiger charge is 2.29. The number of primary amides is 1. The largest absolute Gasteiger partial charge is 0.484 e. The molecule has 1 saturated heterocycles. The van der Waals surface area contributed by atoms with Crippen LogP contribution in [-0.2, 0) is 4.79 Å². The Morgan fingerprint density at radius 1 is 1.43 bits per heavy atom. The lowest BCUT2D eigenvalue weighted by Crippen LogP contribution is -2.30. The third kappa shape index (κ3) is 3.95. The smallest absolute Gasteiger partial charge is 0.255 e. The minimum atomic E-state index is -0.545. The Labute approximate surface area is 123 Å². The van der Waals surface area contributed by atoms with Gasteiger partial charge in [-0.25, -0.2) is 0 Å². The zero-order chi connectivity index (χ0) is 15.4. The number of aliphatic hydroxyl groups is 1. The van der Waals surface area contributed by atoms with Crippen LogP contribution in [0.1, 0.15) is 23.7 Å². The van der Waals surface area contributed by atoms with Crippen molar-refractivity contribution < 1.29 is 19.4 Å². The summed E-state index contributed by atoms with van der Waals surface area (Å²) >= 11 is 0. The maximum atomic E-state index is 12.3. The van der Waals surface area contributed by atoms with Crippen molar-refractivity contribution in [2.24, 2.45) is 11.7 Å². The number of carbonyl (C=O) groups is 2. The molecular weight excluding hydrogens is 272 g/mol. The van der Waals surface area contributed by atoms with Gasteiger partial charge in [0.25, 0.3) is 11.8 Å². The molecule has 21 heavy (non-hydrogen) atoms. The molecule has 114 valence electrons. The molecule has 1 aromatic carbocycles. The number of hydrogen-bond donors (Lipinski definition) is 2. The SMILES string of the molecule is CC(O)C1CCN(C(=O)c2ccc(OCC(N)=O)cc2)C1. The van der Waals surface area contributed by atoms with Crippen molar-refractivity contribution in [3.8, 4) is 5.75 Å². The summed E-state index contributed by atoms with van der Waals surface area (Å²) in [5.41, 5.74) is 5.56. The molecule has 6 heteroatoms. The molecule has 1 fully saturated rings. The number of nitrogens with two attached hydrogens (primary N) is 1. The first-order chi connectivity index (χ1) is 9.97. The monoisotopic (exact) mass is 292 g/mol. The lowest BCUT2D eigenvalue weighted by atomic mass is 10.0. The van der Waals surface area contributed by atoms with Crippen molar-refractivity contribution in [1.29, 1.82) is 0 Å². The normalized spacial score (nSPS) is 19.3. The molecule has 3 N–H and O–H groups in total. The summed E-state index contributed by atoms with van der Waals surface area (Å²) in [4.78, 5) is 24.7. The summed E-state index contributed by atoms with van der Waals surface area (Å²) in [7, 11) is 0. The van der Waals surface area contributed by atoms with E-state index >= 15 is 0 Å². The van der Waals surface area contributed by atoms with Gasteiger partial charge in [0.1, 0.15) is 5.75 Å². The Morgan fingerprint density at radius 2 is 2.10 bits per heavy atom. The van der Waals surface area contributed by atoms with E-state index in [1.165, 1.54) is 0 Å². The molecule has 0 bridgehead atoms. The van der Waals surface area contributed by atoms with Gasteiger partial charge in [-0.15, -0.1) is 0 Å². The van der Waals surface area contributed by atoms with Crippen molar-refractivity contribution >= 4 is 11.8 Å². The van der Waals surface area contributed by atoms with Gasteiger partial charge < -0.3 is 20.5 Å². The first-order valence-electron chi connectivity index (χ1n) is 6.96.